The summed E-state index contributed by atoms with van der Waals surface area (Å²) in [5, 5.41) is 0.736. The van der Waals surface area contributed by atoms with Crippen LogP contribution in [0.2, 0.25) is 10.0 Å². The van der Waals surface area contributed by atoms with Crippen molar-refractivity contribution in [3.8, 4) is 0 Å². The van der Waals surface area contributed by atoms with Gasteiger partial charge in [0.25, 0.3) is 0 Å². The quantitative estimate of drug-likeness (QED) is 0.594. The Hall–Kier alpha value is -1.59. The van der Waals surface area contributed by atoms with Crippen LogP contribution in [0, 0.1) is 11.3 Å². The molecule has 1 aliphatic rings. The summed E-state index contributed by atoms with van der Waals surface area (Å²) in [7, 11) is 1.28. The van der Waals surface area contributed by atoms with E-state index in [0.717, 1.165) is 0 Å². The molecule has 5 nitrogen and oxygen atoms in total. The van der Waals surface area contributed by atoms with E-state index in [0.29, 0.717) is 15.6 Å². The highest BCUT2D eigenvalue weighted by atomic mass is 35.5. The van der Waals surface area contributed by atoms with E-state index in [1.807, 2.05) is 0 Å². The highest BCUT2D eigenvalue weighted by Gasteiger charge is 2.51. The molecule has 0 spiro atoms. The minimum absolute atomic E-state index is 0.0439. The monoisotopic (exact) mass is 372 g/mol. The van der Waals surface area contributed by atoms with Gasteiger partial charge in [-0.05, 0) is 32.4 Å². The zero-order chi connectivity index (χ0) is 18.1. The van der Waals surface area contributed by atoms with E-state index in [1.165, 1.54) is 27.0 Å². The van der Waals surface area contributed by atoms with Crippen molar-refractivity contribution in [1.29, 1.82) is 0 Å². The molecular weight excluding hydrogens is 355 g/mol. The van der Waals surface area contributed by atoms with Gasteiger partial charge in [0.05, 0.1) is 13.0 Å². The number of esters is 2. The number of rotatable bonds is 4. The van der Waals surface area contributed by atoms with E-state index in [1.54, 1.807) is 12.1 Å². The Balaban J connectivity index is 2.39. The van der Waals surface area contributed by atoms with Crippen LogP contribution in [0.5, 0.6) is 0 Å². The number of halogens is 2. The molecule has 0 N–H and O–H groups in total. The second-order valence-electron chi connectivity index (χ2n) is 6.20. The number of ether oxygens (including phenoxy) is 2. The molecule has 1 saturated heterocycles. The van der Waals surface area contributed by atoms with E-state index < -0.39 is 29.4 Å². The topological polar surface area (TPSA) is 69.7 Å². The first-order valence-electron chi connectivity index (χ1n) is 7.45. The van der Waals surface area contributed by atoms with Gasteiger partial charge in [-0.2, -0.15) is 0 Å². The molecule has 0 bridgehead atoms. The van der Waals surface area contributed by atoms with Crippen LogP contribution >= 0.6 is 23.2 Å². The molecule has 2 atom stereocenters. The lowest BCUT2D eigenvalue weighted by atomic mass is 9.73. The van der Waals surface area contributed by atoms with E-state index >= 15 is 0 Å². The molecule has 1 aliphatic heterocycles. The molecule has 0 aromatic heterocycles. The van der Waals surface area contributed by atoms with Gasteiger partial charge in [-0.15, -0.1) is 0 Å². The van der Waals surface area contributed by atoms with Gasteiger partial charge in [-0.3, -0.25) is 14.4 Å². The summed E-state index contributed by atoms with van der Waals surface area (Å²) in [6.07, 6.45) is -0.610. The van der Waals surface area contributed by atoms with Crippen LogP contribution in [0.3, 0.4) is 0 Å². The van der Waals surface area contributed by atoms with Crippen LogP contribution in [0.25, 0.3) is 0 Å². The van der Waals surface area contributed by atoms with E-state index in [2.05, 4.69) is 4.74 Å². The van der Waals surface area contributed by atoms with Crippen molar-refractivity contribution in [2.24, 2.45) is 11.3 Å². The number of methoxy groups -OCH3 is 1. The van der Waals surface area contributed by atoms with Crippen molar-refractivity contribution < 1.29 is 23.9 Å². The van der Waals surface area contributed by atoms with Gasteiger partial charge >= 0.3 is 11.9 Å². The zero-order valence-electron chi connectivity index (χ0n) is 13.6. The average Bonchev–Trinajstić information content (AvgIpc) is 2.52. The molecule has 1 fully saturated rings. The van der Waals surface area contributed by atoms with Crippen LogP contribution in [-0.4, -0.2) is 24.8 Å². The summed E-state index contributed by atoms with van der Waals surface area (Å²) in [4.78, 5) is 36.5. The highest BCUT2D eigenvalue weighted by Crippen LogP contribution is 2.44. The number of carbonyl (C=O) groups is 3. The molecule has 0 radical (unpaired) electrons. The minimum Gasteiger partial charge on any atom is -0.469 e. The van der Waals surface area contributed by atoms with Gasteiger partial charge in [0, 0.05) is 22.0 Å². The third-order valence-corrected chi connectivity index (χ3v) is 4.78. The Labute approximate surface area is 150 Å². The molecule has 130 valence electrons. The number of hydrogen-bond donors (Lipinski definition) is 0. The number of ketones is 1. The first kappa shape index (κ1) is 18.7. The van der Waals surface area contributed by atoms with E-state index in [-0.39, 0.29) is 18.6 Å². The number of carbonyl (C=O) groups excluding carboxylic acids is 3. The Morgan fingerprint density at radius 3 is 2.54 bits per heavy atom. The van der Waals surface area contributed by atoms with Crippen molar-refractivity contribution in [1.82, 2.24) is 0 Å². The Morgan fingerprint density at radius 2 is 1.96 bits per heavy atom. The van der Waals surface area contributed by atoms with Gasteiger partial charge in [-0.1, -0.05) is 29.3 Å². The van der Waals surface area contributed by atoms with Crippen molar-refractivity contribution in [2.75, 3.05) is 7.11 Å². The van der Waals surface area contributed by atoms with Crippen LogP contribution in [-0.2, 0) is 23.9 Å². The molecule has 2 unspecified atom stereocenters. The molecular formula is C17H18Cl2O5. The van der Waals surface area contributed by atoms with E-state index in [4.69, 9.17) is 27.9 Å². The second kappa shape index (κ2) is 7.11. The largest absolute Gasteiger partial charge is 0.469 e. The fraction of sp³-hybridized carbons (Fsp3) is 0.471. The number of Topliss-reactive ketones (excluding diaryl/α,β-unsaturated/α-hetero) is 1. The molecule has 7 heteroatoms. The van der Waals surface area contributed by atoms with Gasteiger partial charge in [0.15, 0.2) is 5.78 Å². The second-order valence-corrected chi connectivity index (χ2v) is 7.05. The molecule has 1 aromatic carbocycles. The maximum Gasteiger partial charge on any atom is 0.319 e. The lowest BCUT2D eigenvalue weighted by molar-refractivity contribution is -0.179. The molecule has 1 heterocycles. The number of benzene rings is 1. The zero-order valence-corrected chi connectivity index (χ0v) is 15.1. The van der Waals surface area contributed by atoms with Crippen LogP contribution in [0.1, 0.15) is 38.4 Å². The summed E-state index contributed by atoms with van der Waals surface area (Å²) in [6, 6.07) is 4.76. The first-order chi connectivity index (χ1) is 11.2. The SMILES string of the molecule is COC(=O)CCC1C(=O)C(C)(C)C(=O)OC1c1ccc(Cl)cc1Cl. The van der Waals surface area contributed by atoms with Crippen LogP contribution in [0.15, 0.2) is 18.2 Å². The molecule has 0 aliphatic carbocycles. The molecule has 24 heavy (non-hydrogen) atoms. The van der Waals surface area contributed by atoms with Crippen molar-refractivity contribution in [3.63, 3.8) is 0 Å². The van der Waals surface area contributed by atoms with E-state index in [9.17, 15) is 14.4 Å². The lowest BCUT2D eigenvalue weighted by Crippen LogP contribution is -2.47. The Morgan fingerprint density at radius 1 is 1.29 bits per heavy atom. The maximum absolute atomic E-state index is 12.8. The number of cyclic esters (lactones) is 1. The third-order valence-electron chi connectivity index (χ3n) is 4.22. The minimum atomic E-state index is -1.27. The maximum atomic E-state index is 12.8. The fourth-order valence-electron chi connectivity index (χ4n) is 2.72. The summed E-state index contributed by atoms with van der Waals surface area (Å²) in [6.45, 7) is 3.03. The fourth-order valence-corrected chi connectivity index (χ4v) is 3.23. The van der Waals surface area contributed by atoms with Crippen LogP contribution in [0.4, 0.5) is 0 Å². The molecule has 2 rings (SSSR count). The molecule has 1 aromatic rings. The highest BCUT2D eigenvalue weighted by molar-refractivity contribution is 6.35. The van der Waals surface area contributed by atoms with Crippen molar-refractivity contribution >= 4 is 40.9 Å². The van der Waals surface area contributed by atoms with Crippen molar-refractivity contribution in [2.45, 2.75) is 32.8 Å². The first-order valence-corrected chi connectivity index (χ1v) is 8.21. The van der Waals surface area contributed by atoms with Gasteiger partial charge in [0.1, 0.15) is 11.5 Å². The molecule has 0 saturated carbocycles. The predicted molar refractivity (Wildman–Crippen MR) is 88.8 cm³/mol. The Kier molecular flexibility index (Phi) is 5.56. The standard InChI is InChI=1S/C17H18Cl2O5/c1-17(2)15(21)11(6-7-13(20)23-3)14(24-16(17)22)10-5-4-9(18)8-12(10)19/h4-5,8,11,14H,6-7H2,1-3H3. The number of hydrogen-bond acceptors (Lipinski definition) is 5. The van der Waals surface area contributed by atoms with Crippen LogP contribution < -0.4 is 0 Å². The summed E-state index contributed by atoms with van der Waals surface area (Å²) < 4.78 is 10.1. The summed E-state index contributed by atoms with van der Waals surface area (Å²) in [5.74, 6) is -2.01. The summed E-state index contributed by atoms with van der Waals surface area (Å²) in [5.41, 5.74) is -0.774. The molecule has 0 amide bonds. The van der Waals surface area contributed by atoms with Crippen molar-refractivity contribution in [3.05, 3.63) is 33.8 Å². The third kappa shape index (κ3) is 3.57. The van der Waals surface area contributed by atoms with Gasteiger partial charge in [-0.25, -0.2) is 0 Å². The Bertz CT molecular complexity index is 684. The smallest absolute Gasteiger partial charge is 0.319 e. The predicted octanol–water partition coefficient (Wildman–Crippen LogP) is 3.76. The van der Waals surface area contributed by atoms with Gasteiger partial charge < -0.3 is 9.47 Å². The normalized spacial score (nSPS) is 22.9. The average molecular weight is 373 g/mol. The lowest BCUT2D eigenvalue weighted by Gasteiger charge is -2.38. The summed E-state index contributed by atoms with van der Waals surface area (Å²) >= 11 is 12.1. The van der Waals surface area contributed by atoms with Gasteiger partial charge in [0.2, 0.25) is 0 Å².